The molecular formula is C24H34O2. The fourth-order valence-electron chi connectivity index (χ4n) is 3.83. The van der Waals surface area contributed by atoms with Crippen molar-refractivity contribution in [1.29, 1.82) is 0 Å². The quantitative estimate of drug-likeness (QED) is 0.310. The second-order valence-electron chi connectivity index (χ2n) is 8.45. The summed E-state index contributed by atoms with van der Waals surface area (Å²) in [7, 11) is 0. The van der Waals surface area contributed by atoms with Gasteiger partial charge in [0.15, 0.2) is 0 Å². The predicted octanol–water partition coefficient (Wildman–Crippen LogP) is 6.47. The van der Waals surface area contributed by atoms with Crippen LogP contribution in [0.15, 0.2) is 58.7 Å². The zero-order chi connectivity index (χ0) is 19.4. The summed E-state index contributed by atoms with van der Waals surface area (Å²) in [6.45, 7) is 13.3. The third kappa shape index (κ3) is 5.09. The first kappa shape index (κ1) is 20.5. The molecule has 2 aliphatic rings. The van der Waals surface area contributed by atoms with Crippen LogP contribution in [-0.4, -0.2) is 12.6 Å². The zero-order valence-electron chi connectivity index (χ0n) is 17.3. The van der Waals surface area contributed by atoms with E-state index in [0.717, 1.165) is 5.57 Å². The molecule has 2 nitrogen and oxygen atoms in total. The monoisotopic (exact) mass is 354 g/mol. The highest BCUT2D eigenvalue weighted by Gasteiger charge is 2.49. The van der Waals surface area contributed by atoms with E-state index in [9.17, 15) is 4.79 Å². The highest BCUT2D eigenvalue weighted by molar-refractivity contribution is 5.83. The van der Waals surface area contributed by atoms with E-state index in [2.05, 4.69) is 45.9 Å². The molecule has 0 unspecified atom stereocenters. The lowest BCUT2D eigenvalue weighted by Gasteiger charge is -2.38. The van der Waals surface area contributed by atoms with Crippen molar-refractivity contribution in [3.63, 3.8) is 0 Å². The molecule has 26 heavy (non-hydrogen) atoms. The van der Waals surface area contributed by atoms with Crippen LogP contribution in [-0.2, 0) is 9.53 Å². The van der Waals surface area contributed by atoms with Crippen LogP contribution in [0.1, 0.15) is 67.2 Å². The number of hydrogen-bond acceptors (Lipinski definition) is 2. The van der Waals surface area contributed by atoms with E-state index in [1.165, 1.54) is 42.9 Å². The lowest BCUT2D eigenvalue weighted by atomic mass is 9.67. The molecule has 0 aliphatic heterocycles. The van der Waals surface area contributed by atoms with Gasteiger partial charge in [-0.1, -0.05) is 55.4 Å². The number of allylic oxidation sites excluding steroid dienone is 9. The topological polar surface area (TPSA) is 26.3 Å². The highest BCUT2D eigenvalue weighted by atomic mass is 16.5. The molecule has 0 N–H and O–H groups in total. The third-order valence-electron chi connectivity index (χ3n) is 5.87. The smallest absolute Gasteiger partial charge is 0.330 e. The summed E-state index contributed by atoms with van der Waals surface area (Å²) >= 11 is 0. The Labute approximate surface area is 159 Å². The Bertz CT molecular complexity index is 692. The van der Waals surface area contributed by atoms with Gasteiger partial charge in [-0.2, -0.15) is 0 Å². The van der Waals surface area contributed by atoms with Crippen molar-refractivity contribution in [3.05, 3.63) is 58.7 Å². The van der Waals surface area contributed by atoms with Crippen molar-refractivity contribution in [2.75, 3.05) is 6.61 Å². The van der Waals surface area contributed by atoms with Gasteiger partial charge in [-0.3, -0.25) is 0 Å². The van der Waals surface area contributed by atoms with E-state index < -0.39 is 0 Å². The minimum Gasteiger partial charge on any atom is -0.463 e. The maximum atomic E-state index is 11.4. The van der Waals surface area contributed by atoms with Crippen molar-refractivity contribution in [3.8, 4) is 0 Å². The van der Waals surface area contributed by atoms with Gasteiger partial charge >= 0.3 is 5.97 Å². The van der Waals surface area contributed by atoms with Crippen molar-refractivity contribution in [1.82, 2.24) is 0 Å². The summed E-state index contributed by atoms with van der Waals surface area (Å²) in [4.78, 5) is 11.4. The average molecular weight is 355 g/mol. The Hall–Kier alpha value is -1.83. The lowest BCUT2D eigenvalue weighted by Crippen LogP contribution is -2.25. The van der Waals surface area contributed by atoms with Gasteiger partial charge in [-0.25, -0.2) is 4.79 Å². The van der Waals surface area contributed by atoms with Crippen LogP contribution < -0.4 is 0 Å². The Morgan fingerprint density at radius 3 is 2.35 bits per heavy atom. The van der Waals surface area contributed by atoms with Crippen LogP contribution >= 0.6 is 0 Å². The second-order valence-corrected chi connectivity index (χ2v) is 8.45. The normalized spacial score (nSPS) is 22.5. The van der Waals surface area contributed by atoms with E-state index in [-0.39, 0.29) is 11.4 Å². The molecule has 0 saturated heterocycles. The Kier molecular flexibility index (Phi) is 6.49. The fraction of sp³-hybridized carbons (Fsp3) is 0.542. The minimum absolute atomic E-state index is 0.267. The molecule has 0 aromatic heterocycles. The van der Waals surface area contributed by atoms with E-state index in [4.69, 9.17) is 4.74 Å². The molecule has 2 aliphatic carbocycles. The molecule has 1 fully saturated rings. The zero-order valence-corrected chi connectivity index (χ0v) is 17.3. The predicted molar refractivity (Wildman–Crippen MR) is 110 cm³/mol. The van der Waals surface area contributed by atoms with Crippen LogP contribution in [0.2, 0.25) is 0 Å². The van der Waals surface area contributed by atoms with Crippen LogP contribution in [0, 0.1) is 10.8 Å². The molecule has 2 heteroatoms. The number of carbonyl (C=O) groups is 1. The van der Waals surface area contributed by atoms with E-state index in [1.807, 2.05) is 26.0 Å². The van der Waals surface area contributed by atoms with Gasteiger partial charge in [0, 0.05) is 6.08 Å². The highest BCUT2D eigenvalue weighted by Crippen LogP contribution is 2.62. The molecule has 2 rings (SSSR count). The summed E-state index contributed by atoms with van der Waals surface area (Å²) in [6, 6.07) is 0. The summed E-state index contributed by atoms with van der Waals surface area (Å²) in [6.07, 6.45) is 17.4. The Morgan fingerprint density at radius 2 is 1.73 bits per heavy atom. The first-order chi connectivity index (χ1) is 12.2. The first-order valence-corrected chi connectivity index (χ1v) is 9.80. The summed E-state index contributed by atoms with van der Waals surface area (Å²) in [5.74, 6) is -0.286. The lowest BCUT2D eigenvalue weighted by molar-refractivity contribution is -0.137. The largest absolute Gasteiger partial charge is 0.463 e. The summed E-state index contributed by atoms with van der Waals surface area (Å²) < 4.78 is 4.92. The maximum absolute atomic E-state index is 11.4. The van der Waals surface area contributed by atoms with Gasteiger partial charge in [0.05, 0.1) is 6.61 Å². The van der Waals surface area contributed by atoms with Gasteiger partial charge in [0.2, 0.25) is 0 Å². The van der Waals surface area contributed by atoms with Gasteiger partial charge in [-0.15, -0.1) is 0 Å². The van der Waals surface area contributed by atoms with Gasteiger partial charge in [0.25, 0.3) is 0 Å². The molecule has 142 valence electrons. The van der Waals surface area contributed by atoms with Crippen LogP contribution in [0.4, 0.5) is 0 Å². The first-order valence-electron chi connectivity index (χ1n) is 9.80. The third-order valence-corrected chi connectivity index (χ3v) is 5.87. The van der Waals surface area contributed by atoms with Crippen LogP contribution in [0.5, 0.6) is 0 Å². The molecule has 1 spiro atoms. The Balaban J connectivity index is 2.06. The molecule has 0 amide bonds. The maximum Gasteiger partial charge on any atom is 0.330 e. The summed E-state index contributed by atoms with van der Waals surface area (Å²) in [5.41, 5.74) is 6.03. The van der Waals surface area contributed by atoms with Crippen molar-refractivity contribution in [2.24, 2.45) is 10.8 Å². The SMILES string of the molecule is CCOC(=O)\C=C(C)/C=C/C=C(C)/C=C/C1=C(C)C2(CCC1(C)C)CC2. The number of hydrogen-bond donors (Lipinski definition) is 0. The van der Waals surface area contributed by atoms with E-state index in [0.29, 0.717) is 12.0 Å². The van der Waals surface area contributed by atoms with E-state index in [1.54, 1.807) is 5.57 Å². The number of rotatable bonds is 6. The molecule has 0 aromatic carbocycles. The van der Waals surface area contributed by atoms with Gasteiger partial charge in [0.1, 0.15) is 0 Å². The van der Waals surface area contributed by atoms with Crippen LogP contribution in [0.3, 0.4) is 0 Å². The minimum atomic E-state index is -0.286. The van der Waals surface area contributed by atoms with Gasteiger partial charge in [-0.05, 0) is 75.4 Å². The second kappa shape index (κ2) is 8.24. The standard InChI is InChI=1S/C24H34O2/c1-7-26-22(25)17-19(3)10-8-9-18(2)11-12-21-20(4)24(15-16-24)14-13-23(21,5)6/h8-12,17H,7,13-16H2,1-6H3/b10-8+,12-11+,18-9+,19-17-. The number of ether oxygens (including phenoxy) is 1. The molecule has 0 bridgehead atoms. The van der Waals surface area contributed by atoms with E-state index >= 15 is 0 Å². The molecule has 0 aromatic rings. The van der Waals surface area contributed by atoms with Crippen molar-refractivity contribution >= 4 is 5.97 Å². The fourth-order valence-corrected chi connectivity index (χ4v) is 3.83. The van der Waals surface area contributed by atoms with Crippen molar-refractivity contribution < 1.29 is 9.53 Å². The average Bonchev–Trinajstić information content (AvgIpc) is 3.33. The molecule has 0 heterocycles. The van der Waals surface area contributed by atoms with Gasteiger partial charge < -0.3 is 4.74 Å². The molecule has 0 radical (unpaired) electrons. The van der Waals surface area contributed by atoms with Crippen molar-refractivity contribution in [2.45, 2.75) is 67.2 Å². The molecule has 0 atom stereocenters. The summed E-state index contributed by atoms with van der Waals surface area (Å²) in [5, 5.41) is 0. The number of carbonyl (C=O) groups excluding carboxylic acids is 1. The Morgan fingerprint density at radius 1 is 1.08 bits per heavy atom. The van der Waals surface area contributed by atoms with Crippen LogP contribution in [0.25, 0.3) is 0 Å². The molecule has 1 saturated carbocycles. The number of esters is 1. The molecular weight excluding hydrogens is 320 g/mol.